The molecule has 0 saturated carbocycles. The Bertz CT molecular complexity index is 953. The minimum absolute atomic E-state index is 0.0744. The fraction of sp³-hybridized carbons (Fsp3) is 0.300. The molecule has 3 heterocycles. The van der Waals surface area contributed by atoms with Crippen LogP contribution < -0.4 is 4.90 Å². The SMILES string of the molecule is Cc1cnncc1-c1cc(N2CCC[C@@H](Cc3ccc(F)cc3)C2=O)[nH]n1. The number of hydrogen-bond acceptors (Lipinski definition) is 4. The van der Waals surface area contributed by atoms with E-state index in [9.17, 15) is 9.18 Å². The average molecular weight is 365 g/mol. The molecule has 1 amide bonds. The van der Waals surface area contributed by atoms with E-state index in [0.29, 0.717) is 18.8 Å². The van der Waals surface area contributed by atoms with Gasteiger partial charge in [0.25, 0.3) is 0 Å². The second-order valence-corrected chi connectivity index (χ2v) is 6.88. The smallest absolute Gasteiger partial charge is 0.231 e. The van der Waals surface area contributed by atoms with Crippen molar-refractivity contribution in [1.29, 1.82) is 0 Å². The van der Waals surface area contributed by atoms with Gasteiger partial charge in [-0.3, -0.25) is 14.8 Å². The number of benzene rings is 1. The number of nitrogens with zero attached hydrogens (tertiary/aromatic N) is 4. The van der Waals surface area contributed by atoms with E-state index >= 15 is 0 Å². The summed E-state index contributed by atoms with van der Waals surface area (Å²) < 4.78 is 13.1. The zero-order valence-corrected chi connectivity index (χ0v) is 15.0. The number of H-pyrrole nitrogens is 1. The summed E-state index contributed by atoms with van der Waals surface area (Å²) >= 11 is 0. The minimum atomic E-state index is -0.263. The largest absolute Gasteiger partial charge is 0.297 e. The number of aromatic nitrogens is 4. The Labute approximate surface area is 156 Å². The van der Waals surface area contributed by atoms with Gasteiger partial charge in [-0.15, -0.1) is 0 Å². The first-order chi connectivity index (χ1) is 13.1. The topological polar surface area (TPSA) is 74.8 Å². The summed E-state index contributed by atoms with van der Waals surface area (Å²) in [6, 6.07) is 8.24. The zero-order chi connectivity index (χ0) is 18.8. The van der Waals surface area contributed by atoms with Gasteiger partial charge in [-0.2, -0.15) is 15.3 Å². The van der Waals surface area contributed by atoms with E-state index in [4.69, 9.17) is 0 Å². The Balaban J connectivity index is 1.53. The molecule has 7 heteroatoms. The molecule has 6 nitrogen and oxygen atoms in total. The third kappa shape index (κ3) is 3.58. The molecule has 0 spiro atoms. The van der Waals surface area contributed by atoms with E-state index in [1.807, 2.05) is 13.0 Å². The molecule has 0 unspecified atom stereocenters. The lowest BCUT2D eigenvalue weighted by atomic mass is 9.90. The van der Waals surface area contributed by atoms with Gasteiger partial charge in [0.05, 0.1) is 18.1 Å². The molecule has 1 aliphatic heterocycles. The minimum Gasteiger partial charge on any atom is -0.297 e. The molecule has 3 aromatic rings. The fourth-order valence-electron chi connectivity index (χ4n) is 3.52. The number of aromatic amines is 1. The second-order valence-electron chi connectivity index (χ2n) is 6.88. The number of anilines is 1. The van der Waals surface area contributed by atoms with Crippen LogP contribution in [0.2, 0.25) is 0 Å². The monoisotopic (exact) mass is 365 g/mol. The number of amides is 1. The summed E-state index contributed by atoms with van der Waals surface area (Å²) in [5.41, 5.74) is 3.58. The summed E-state index contributed by atoms with van der Waals surface area (Å²) in [5.74, 6) is 0.391. The molecule has 4 rings (SSSR count). The Hall–Kier alpha value is -3.09. The first kappa shape index (κ1) is 17.3. The molecule has 1 aliphatic rings. The molecule has 0 aliphatic carbocycles. The molecule has 0 radical (unpaired) electrons. The quantitative estimate of drug-likeness (QED) is 0.770. The van der Waals surface area contributed by atoms with Crippen LogP contribution in [0, 0.1) is 18.7 Å². The summed E-state index contributed by atoms with van der Waals surface area (Å²) in [5, 5.41) is 15.1. The van der Waals surface area contributed by atoms with E-state index < -0.39 is 0 Å². The fourth-order valence-corrected chi connectivity index (χ4v) is 3.52. The maximum atomic E-state index is 13.1. The van der Waals surface area contributed by atoms with E-state index in [1.165, 1.54) is 12.1 Å². The number of carbonyl (C=O) groups is 1. The van der Waals surface area contributed by atoms with E-state index in [1.54, 1.807) is 29.4 Å². The molecular weight excluding hydrogens is 345 g/mol. The predicted molar refractivity (Wildman–Crippen MR) is 99.5 cm³/mol. The van der Waals surface area contributed by atoms with Crippen molar-refractivity contribution in [3.63, 3.8) is 0 Å². The normalized spacial score (nSPS) is 17.3. The van der Waals surface area contributed by atoms with E-state index in [2.05, 4.69) is 20.4 Å². The van der Waals surface area contributed by atoms with Gasteiger partial charge in [0.15, 0.2) is 0 Å². The van der Waals surface area contributed by atoms with Gasteiger partial charge < -0.3 is 0 Å². The third-order valence-corrected chi connectivity index (χ3v) is 5.01. The molecule has 0 bridgehead atoms. The van der Waals surface area contributed by atoms with Crippen molar-refractivity contribution in [2.75, 3.05) is 11.4 Å². The molecule has 138 valence electrons. The molecular formula is C20H20FN5O. The van der Waals surface area contributed by atoms with Gasteiger partial charge >= 0.3 is 0 Å². The summed E-state index contributed by atoms with van der Waals surface area (Å²) in [4.78, 5) is 14.8. The Kier molecular flexibility index (Phi) is 4.66. The van der Waals surface area contributed by atoms with Crippen molar-refractivity contribution in [2.45, 2.75) is 26.2 Å². The van der Waals surface area contributed by atoms with E-state index in [0.717, 1.165) is 35.2 Å². The Morgan fingerprint density at radius 1 is 1.22 bits per heavy atom. The van der Waals surface area contributed by atoms with Crippen molar-refractivity contribution in [1.82, 2.24) is 20.4 Å². The molecule has 2 aromatic heterocycles. The van der Waals surface area contributed by atoms with Gasteiger partial charge in [-0.1, -0.05) is 12.1 Å². The molecule has 1 saturated heterocycles. The van der Waals surface area contributed by atoms with Gasteiger partial charge in [0, 0.05) is 24.1 Å². The van der Waals surface area contributed by atoms with Crippen molar-refractivity contribution in [3.8, 4) is 11.3 Å². The van der Waals surface area contributed by atoms with Crippen LogP contribution in [0.4, 0.5) is 10.2 Å². The number of piperidine rings is 1. The highest BCUT2D eigenvalue weighted by Crippen LogP contribution is 2.29. The summed E-state index contributed by atoms with van der Waals surface area (Å²) in [6.07, 6.45) is 5.73. The van der Waals surface area contributed by atoms with Crippen LogP contribution in [0.3, 0.4) is 0 Å². The van der Waals surface area contributed by atoms with Crippen LogP contribution in [0.5, 0.6) is 0 Å². The molecule has 1 N–H and O–H groups in total. The molecule has 1 aromatic carbocycles. The van der Waals surface area contributed by atoms with Crippen molar-refractivity contribution in [2.24, 2.45) is 5.92 Å². The standard InChI is InChI=1S/C20H20FN5O/c1-13-11-22-23-12-17(13)18-10-19(25-24-18)26-8-2-3-15(20(26)27)9-14-4-6-16(21)7-5-14/h4-7,10-12,15H,2-3,8-9H2,1H3,(H,24,25)/t15-/m0/s1. The van der Waals surface area contributed by atoms with Gasteiger partial charge in [0.2, 0.25) is 5.91 Å². The lowest BCUT2D eigenvalue weighted by Crippen LogP contribution is -2.42. The molecule has 27 heavy (non-hydrogen) atoms. The van der Waals surface area contributed by atoms with Crippen LogP contribution in [0.1, 0.15) is 24.0 Å². The Morgan fingerprint density at radius 2 is 2.00 bits per heavy atom. The number of aryl methyl sites for hydroxylation is 1. The van der Waals surface area contributed by atoms with Crippen molar-refractivity contribution >= 4 is 11.7 Å². The first-order valence-electron chi connectivity index (χ1n) is 9.00. The summed E-state index contributed by atoms with van der Waals surface area (Å²) in [7, 11) is 0. The van der Waals surface area contributed by atoms with Crippen molar-refractivity contribution < 1.29 is 9.18 Å². The lowest BCUT2D eigenvalue weighted by Gasteiger charge is -2.31. The average Bonchev–Trinajstić information content (AvgIpc) is 3.15. The highest BCUT2D eigenvalue weighted by atomic mass is 19.1. The highest BCUT2D eigenvalue weighted by molar-refractivity contribution is 5.95. The second kappa shape index (κ2) is 7.26. The van der Waals surface area contributed by atoms with Gasteiger partial charge in [-0.05, 0) is 49.4 Å². The third-order valence-electron chi connectivity index (χ3n) is 5.01. The maximum Gasteiger partial charge on any atom is 0.231 e. The maximum absolute atomic E-state index is 13.1. The molecule has 1 atom stereocenters. The predicted octanol–water partition coefficient (Wildman–Crippen LogP) is 3.30. The lowest BCUT2D eigenvalue weighted by molar-refractivity contribution is -0.123. The van der Waals surface area contributed by atoms with Gasteiger partial charge in [0.1, 0.15) is 11.6 Å². The summed E-state index contributed by atoms with van der Waals surface area (Å²) in [6.45, 7) is 2.61. The number of nitrogens with one attached hydrogen (secondary N) is 1. The molecule has 1 fully saturated rings. The van der Waals surface area contributed by atoms with Crippen LogP contribution in [-0.4, -0.2) is 32.8 Å². The number of hydrogen-bond donors (Lipinski definition) is 1. The number of rotatable bonds is 4. The van der Waals surface area contributed by atoms with Crippen molar-refractivity contribution in [3.05, 3.63) is 59.7 Å². The van der Waals surface area contributed by atoms with Crippen LogP contribution in [-0.2, 0) is 11.2 Å². The number of halogens is 1. The Morgan fingerprint density at radius 3 is 2.78 bits per heavy atom. The van der Waals surface area contributed by atoms with Crippen LogP contribution in [0.15, 0.2) is 42.7 Å². The first-order valence-corrected chi connectivity index (χ1v) is 9.00. The number of carbonyl (C=O) groups excluding carboxylic acids is 1. The van der Waals surface area contributed by atoms with Gasteiger partial charge in [-0.25, -0.2) is 4.39 Å². The zero-order valence-electron chi connectivity index (χ0n) is 15.0. The highest BCUT2D eigenvalue weighted by Gasteiger charge is 2.30. The van der Waals surface area contributed by atoms with E-state index in [-0.39, 0.29) is 17.6 Å². The van der Waals surface area contributed by atoms with Crippen LogP contribution >= 0.6 is 0 Å². The van der Waals surface area contributed by atoms with Crippen LogP contribution in [0.25, 0.3) is 11.3 Å².